The molecule has 9 heteroatoms. The lowest BCUT2D eigenvalue weighted by molar-refractivity contribution is -0.137. The topological polar surface area (TPSA) is 160 Å². The number of amides is 2. The number of nitrogens with two attached hydrogens (primary N) is 2. The van der Waals surface area contributed by atoms with Crippen molar-refractivity contribution in [3.05, 3.63) is 90.0 Å². The molecule has 0 spiro atoms. The van der Waals surface area contributed by atoms with Crippen LogP contribution in [0.15, 0.2) is 83.9 Å². The van der Waals surface area contributed by atoms with Gasteiger partial charge in [0.2, 0.25) is 5.91 Å². The third kappa shape index (κ3) is 6.92. The molecule has 2 amide bonds. The zero-order chi connectivity index (χ0) is 24.5. The summed E-state index contributed by atoms with van der Waals surface area (Å²) in [4.78, 5) is 40.1. The minimum atomic E-state index is -1.06. The van der Waals surface area contributed by atoms with Gasteiger partial charge in [0.1, 0.15) is 0 Å². The van der Waals surface area contributed by atoms with E-state index in [9.17, 15) is 19.5 Å². The van der Waals surface area contributed by atoms with Crippen LogP contribution in [-0.2, 0) is 9.59 Å². The molecule has 3 rings (SSSR count). The Labute approximate surface area is 196 Å². The molecule has 1 atom stereocenters. The number of guanidine groups is 1. The van der Waals surface area contributed by atoms with E-state index in [1.165, 1.54) is 6.07 Å². The molecular formula is C25H25N5O4. The first-order valence-electron chi connectivity index (χ1n) is 10.5. The lowest BCUT2D eigenvalue weighted by Crippen LogP contribution is -2.39. The molecule has 3 aromatic carbocycles. The van der Waals surface area contributed by atoms with Gasteiger partial charge in [0.25, 0.3) is 5.91 Å². The third-order valence-electron chi connectivity index (χ3n) is 4.91. The van der Waals surface area contributed by atoms with E-state index in [4.69, 9.17) is 11.5 Å². The molecule has 34 heavy (non-hydrogen) atoms. The summed E-state index contributed by atoms with van der Waals surface area (Å²) in [6.45, 7) is -0.330. The fraction of sp³-hybridized carbons (Fsp3) is 0.120. The van der Waals surface area contributed by atoms with Crippen LogP contribution < -0.4 is 22.1 Å². The van der Waals surface area contributed by atoms with Crippen LogP contribution >= 0.6 is 0 Å². The lowest BCUT2D eigenvalue weighted by atomic mass is 9.99. The molecule has 0 bridgehead atoms. The molecule has 0 saturated carbocycles. The van der Waals surface area contributed by atoms with Crippen molar-refractivity contribution in [1.82, 2.24) is 10.6 Å². The first kappa shape index (κ1) is 24.0. The zero-order valence-electron chi connectivity index (χ0n) is 18.3. The summed E-state index contributed by atoms with van der Waals surface area (Å²) >= 11 is 0. The van der Waals surface area contributed by atoms with E-state index >= 15 is 0 Å². The van der Waals surface area contributed by atoms with Crippen LogP contribution in [0.2, 0.25) is 0 Å². The second-order valence-corrected chi connectivity index (χ2v) is 7.48. The number of carboxylic acid groups (broad SMARTS) is 1. The van der Waals surface area contributed by atoms with Gasteiger partial charge in [-0.05, 0) is 34.9 Å². The third-order valence-corrected chi connectivity index (χ3v) is 4.91. The number of nitrogens with zero attached hydrogens (tertiary/aromatic N) is 1. The Bertz CT molecular complexity index is 1190. The van der Waals surface area contributed by atoms with Gasteiger partial charge in [-0.2, -0.15) is 0 Å². The quantitative estimate of drug-likeness (QED) is 0.244. The van der Waals surface area contributed by atoms with E-state index in [0.717, 1.165) is 11.1 Å². The summed E-state index contributed by atoms with van der Waals surface area (Å²) in [6.07, 6.45) is -0.301. The van der Waals surface area contributed by atoms with Gasteiger partial charge in [-0.15, -0.1) is 0 Å². The minimum Gasteiger partial charge on any atom is -0.481 e. The number of aliphatic imine (C=N–C) groups is 1. The average molecular weight is 460 g/mol. The molecule has 0 radical (unpaired) electrons. The zero-order valence-corrected chi connectivity index (χ0v) is 18.3. The Morgan fingerprint density at radius 1 is 0.882 bits per heavy atom. The van der Waals surface area contributed by atoms with E-state index in [0.29, 0.717) is 11.3 Å². The summed E-state index contributed by atoms with van der Waals surface area (Å²) < 4.78 is 0. The highest BCUT2D eigenvalue weighted by atomic mass is 16.4. The van der Waals surface area contributed by atoms with Gasteiger partial charge in [0, 0.05) is 5.56 Å². The largest absolute Gasteiger partial charge is 0.481 e. The molecule has 9 nitrogen and oxygen atoms in total. The van der Waals surface area contributed by atoms with Gasteiger partial charge in [-0.3, -0.25) is 14.4 Å². The normalized spacial score (nSPS) is 11.2. The van der Waals surface area contributed by atoms with Crippen LogP contribution in [0, 0.1) is 0 Å². The van der Waals surface area contributed by atoms with Crippen LogP contribution in [0.5, 0.6) is 0 Å². The summed E-state index contributed by atoms with van der Waals surface area (Å²) in [5.74, 6) is -2.21. The molecule has 3 aromatic rings. The van der Waals surface area contributed by atoms with Crippen molar-refractivity contribution < 1.29 is 19.5 Å². The van der Waals surface area contributed by atoms with E-state index in [1.807, 2.05) is 42.5 Å². The summed E-state index contributed by atoms with van der Waals surface area (Å²) in [5, 5.41) is 14.5. The predicted octanol–water partition coefficient (Wildman–Crippen LogP) is 2.32. The van der Waals surface area contributed by atoms with Crippen LogP contribution in [0.4, 0.5) is 5.69 Å². The van der Waals surface area contributed by atoms with E-state index in [2.05, 4.69) is 15.6 Å². The standard InChI is InChI=1S/C25H25N5O4/c26-25(27)29-20-8-4-7-19(13-20)24(34)28-15-22(31)30-21(14-23(32)33)18-11-9-17(10-12-18)16-5-2-1-3-6-16/h1-13,21H,14-15H2,(H,28,34)(H,30,31)(H,32,33)(H4,26,27,29). The first-order chi connectivity index (χ1) is 16.3. The maximum absolute atomic E-state index is 12.5. The van der Waals surface area contributed by atoms with E-state index < -0.39 is 23.8 Å². The average Bonchev–Trinajstić information content (AvgIpc) is 2.82. The number of hydrogen-bond donors (Lipinski definition) is 5. The second-order valence-electron chi connectivity index (χ2n) is 7.48. The van der Waals surface area contributed by atoms with Gasteiger partial charge in [-0.1, -0.05) is 60.7 Å². The Kier molecular flexibility index (Phi) is 7.96. The summed E-state index contributed by atoms with van der Waals surface area (Å²) in [6, 6.07) is 22.6. The Morgan fingerprint density at radius 3 is 2.21 bits per heavy atom. The van der Waals surface area contributed by atoms with Crippen molar-refractivity contribution in [2.24, 2.45) is 16.5 Å². The number of rotatable bonds is 9. The van der Waals surface area contributed by atoms with Gasteiger partial charge in [0.15, 0.2) is 5.96 Å². The van der Waals surface area contributed by atoms with Gasteiger partial charge in [-0.25, -0.2) is 4.99 Å². The molecule has 0 fully saturated rings. The van der Waals surface area contributed by atoms with Crippen molar-refractivity contribution >= 4 is 29.4 Å². The Hall–Kier alpha value is -4.66. The number of carboxylic acids is 1. The highest BCUT2D eigenvalue weighted by Gasteiger charge is 2.19. The molecule has 0 heterocycles. The van der Waals surface area contributed by atoms with Crippen LogP contribution in [-0.4, -0.2) is 35.4 Å². The van der Waals surface area contributed by atoms with Crippen LogP contribution in [0.1, 0.15) is 28.4 Å². The van der Waals surface area contributed by atoms with E-state index in [-0.39, 0.29) is 24.5 Å². The number of aliphatic carboxylic acids is 1. The molecule has 0 aliphatic heterocycles. The number of carbonyl (C=O) groups is 3. The monoisotopic (exact) mass is 459 g/mol. The summed E-state index contributed by atoms with van der Waals surface area (Å²) in [5.41, 5.74) is 14.0. The number of nitrogens with one attached hydrogen (secondary N) is 2. The van der Waals surface area contributed by atoms with Crippen molar-refractivity contribution in [3.8, 4) is 11.1 Å². The lowest BCUT2D eigenvalue weighted by Gasteiger charge is -2.18. The molecule has 0 saturated heterocycles. The number of benzene rings is 3. The van der Waals surface area contributed by atoms with Crippen molar-refractivity contribution in [3.63, 3.8) is 0 Å². The molecule has 0 aliphatic rings. The minimum absolute atomic E-state index is 0.141. The van der Waals surface area contributed by atoms with Crippen molar-refractivity contribution in [1.29, 1.82) is 0 Å². The number of hydrogen-bond acceptors (Lipinski definition) is 4. The smallest absolute Gasteiger partial charge is 0.305 e. The SMILES string of the molecule is NC(N)=Nc1cccc(C(=O)NCC(=O)NC(CC(=O)O)c2ccc(-c3ccccc3)cc2)c1. The molecular weight excluding hydrogens is 434 g/mol. The van der Waals surface area contributed by atoms with Gasteiger partial charge >= 0.3 is 5.97 Å². The Balaban J connectivity index is 1.64. The maximum atomic E-state index is 12.5. The highest BCUT2D eigenvalue weighted by molar-refractivity contribution is 5.97. The van der Waals surface area contributed by atoms with Crippen molar-refractivity contribution in [2.45, 2.75) is 12.5 Å². The van der Waals surface area contributed by atoms with Crippen LogP contribution in [0.25, 0.3) is 11.1 Å². The number of carbonyl (C=O) groups excluding carboxylic acids is 2. The fourth-order valence-electron chi connectivity index (χ4n) is 3.34. The molecule has 174 valence electrons. The molecule has 0 aromatic heterocycles. The highest BCUT2D eigenvalue weighted by Crippen LogP contribution is 2.23. The van der Waals surface area contributed by atoms with E-state index in [1.54, 1.807) is 30.3 Å². The first-order valence-corrected chi connectivity index (χ1v) is 10.5. The summed E-state index contributed by atoms with van der Waals surface area (Å²) in [7, 11) is 0. The fourth-order valence-corrected chi connectivity index (χ4v) is 3.34. The van der Waals surface area contributed by atoms with Crippen molar-refractivity contribution in [2.75, 3.05) is 6.54 Å². The molecule has 7 N–H and O–H groups in total. The molecule has 1 unspecified atom stereocenters. The van der Waals surface area contributed by atoms with Crippen LogP contribution in [0.3, 0.4) is 0 Å². The van der Waals surface area contributed by atoms with Gasteiger partial charge in [0.05, 0.1) is 24.7 Å². The molecule has 0 aliphatic carbocycles. The maximum Gasteiger partial charge on any atom is 0.305 e. The Morgan fingerprint density at radius 2 is 1.56 bits per heavy atom. The predicted molar refractivity (Wildman–Crippen MR) is 129 cm³/mol. The van der Waals surface area contributed by atoms with Gasteiger partial charge < -0.3 is 27.2 Å². The second kappa shape index (κ2) is 11.3.